The van der Waals surface area contributed by atoms with Gasteiger partial charge in [-0.3, -0.25) is 4.90 Å². The van der Waals surface area contributed by atoms with Crippen LogP contribution in [0.15, 0.2) is 0 Å². The van der Waals surface area contributed by atoms with Crippen molar-refractivity contribution in [2.75, 3.05) is 40.5 Å². The molecule has 0 amide bonds. The number of methoxy groups -OCH3 is 2. The fraction of sp³-hybridized carbons (Fsp3) is 1.00. The van der Waals surface area contributed by atoms with Gasteiger partial charge < -0.3 is 18.9 Å². The van der Waals surface area contributed by atoms with Crippen molar-refractivity contribution in [2.45, 2.75) is 37.9 Å². The Morgan fingerprint density at radius 3 is 2.65 bits per heavy atom. The predicted molar refractivity (Wildman–Crippen MR) is 62.9 cm³/mol. The summed E-state index contributed by atoms with van der Waals surface area (Å²) in [6, 6.07) is 0.408. The molecule has 0 radical (unpaired) electrons. The zero-order valence-electron chi connectivity index (χ0n) is 10.9. The van der Waals surface area contributed by atoms with E-state index in [1.807, 2.05) is 0 Å². The van der Waals surface area contributed by atoms with Gasteiger partial charge in [-0.1, -0.05) is 0 Å². The molecule has 5 heteroatoms. The van der Waals surface area contributed by atoms with Gasteiger partial charge in [0.25, 0.3) is 0 Å². The minimum absolute atomic E-state index is 0.112. The molecule has 2 heterocycles. The molecule has 2 aliphatic heterocycles. The zero-order chi connectivity index (χ0) is 12.3. The fourth-order valence-corrected chi connectivity index (χ4v) is 2.77. The first-order chi connectivity index (χ1) is 8.26. The summed E-state index contributed by atoms with van der Waals surface area (Å²) < 4.78 is 22.0. The van der Waals surface area contributed by atoms with E-state index in [2.05, 4.69) is 11.8 Å². The van der Waals surface area contributed by atoms with E-state index in [1.165, 1.54) is 0 Å². The van der Waals surface area contributed by atoms with E-state index in [0.29, 0.717) is 6.04 Å². The first-order valence-electron chi connectivity index (χ1n) is 6.29. The smallest absolute Gasteiger partial charge is 0.169 e. The van der Waals surface area contributed by atoms with Crippen LogP contribution in [0.2, 0.25) is 0 Å². The lowest BCUT2D eigenvalue weighted by molar-refractivity contribution is -0.193. The molecule has 0 aliphatic carbocycles. The summed E-state index contributed by atoms with van der Waals surface area (Å²) in [6.07, 6.45) is 1.19. The Hall–Kier alpha value is -0.200. The van der Waals surface area contributed by atoms with Crippen LogP contribution in [-0.2, 0) is 18.9 Å². The Balaban J connectivity index is 1.98. The van der Waals surface area contributed by atoms with Crippen LogP contribution in [-0.4, -0.2) is 70.0 Å². The second kappa shape index (κ2) is 6.11. The molecule has 1 unspecified atom stereocenters. The number of morpholine rings is 1. The van der Waals surface area contributed by atoms with Crippen LogP contribution in [0.4, 0.5) is 0 Å². The third-order valence-corrected chi connectivity index (χ3v) is 3.71. The molecule has 0 saturated carbocycles. The Labute approximate surface area is 103 Å². The Morgan fingerprint density at radius 2 is 1.94 bits per heavy atom. The third kappa shape index (κ3) is 2.98. The summed E-state index contributed by atoms with van der Waals surface area (Å²) in [5.74, 6) is 0. The number of hydrogen-bond donors (Lipinski definition) is 0. The number of rotatable bonds is 3. The summed E-state index contributed by atoms with van der Waals surface area (Å²) in [6.45, 7) is 5.36. The molecule has 100 valence electrons. The molecule has 4 atom stereocenters. The highest BCUT2D eigenvalue weighted by molar-refractivity contribution is 4.88. The van der Waals surface area contributed by atoms with Gasteiger partial charge in [-0.15, -0.1) is 0 Å². The van der Waals surface area contributed by atoms with Gasteiger partial charge in [-0.25, -0.2) is 0 Å². The van der Waals surface area contributed by atoms with Crippen molar-refractivity contribution in [1.29, 1.82) is 0 Å². The van der Waals surface area contributed by atoms with Crippen LogP contribution < -0.4 is 0 Å². The van der Waals surface area contributed by atoms with E-state index in [9.17, 15) is 0 Å². The van der Waals surface area contributed by atoms with Gasteiger partial charge >= 0.3 is 0 Å². The lowest BCUT2D eigenvalue weighted by atomic mass is 9.98. The van der Waals surface area contributed by atoms with Gasteiger partial charge in [0.1, 0.15) is 0 Å². The molecular weight excluding hydrogens is 222 g/mol. The topological polar surface area (TPSA) is 40.2 Å². The first-order valence-corrected chi connectivity index (χ1v) is 6.29. The molecule has 17 heavy (non-hydrogen) atoms. The normalized spacial score (nSPS) is 40.4. The van der Waals surface area contributed by atoms with Gasteiger partial charge in [-0.2, -0.15) is 0 Å². The molecule has 0 N–H and O–H groups in total. The molecule has 2 fully saturated rings. The summed E-state index contributed by atoms with van der Waals surface area (Å²) >= 11 is 0. The predicted octanol–water partition coefficient (Wildman–Crippen LogP) is 0.484. The highest BCUT2D eigenvalue weighted by Crippen LogP contribution is 2.24. The van der Waals surface area contributed by atoms with Crippen molar-refractivity contribution in [3.05, 3.63) is 0 Å². The molecule has 0 aromatic carbocycles. The molecule has 5 nitrogen and oxygen atoms in total. The van der Waals surface area contributed by atoms with Crippen molar-refractivity contribution in [2.24, 2.45) is 0 Å². The molecular formula is C12H23NO4. The van der Waals surface area contributed by atoms with Crippen LogP contribution in [0.1, 0.15) is 13.3 Å². The van der Waals surface area contributed by atoms with Crippen molar-refractivity contribution in [1.82, 2.24) is 4.90 Å². The van der Waals surface area contributed by atoms with Gasteiger partial charge in [0.2, 0.25) is 0 Å². The summed E-state index contributed by atoms with van der Waals surface area (Å²) in [4.78, 5) is 2.41. The second-order valence-corrected chi connectivity index (χ2v) is 4.66. The van der Waals surface area contributed by atoms with E-state index >= 15 is 0 Å². The molecule has 0 spiro atoms. The van der Waals surface area contributed by atoms with E-state index in [4.69, 9.17) is 18.9 Å². The van der Waals surface area contributed by atoms with Gasteiger partial charge in [0.15, 0.2) is 6.29 Å². The van der Waals surface area contributed by atoms with E-state index in [0.717, 1.165) is 32.7 Å². The van der Waals surface area contributed by atoms with E-state index in [1.54, 1.807) is 14.2 Å². The standard InChI is InChI=1S/C12H23NO4/c1-9-12(15-3)10(4-6-16-9)13-5-7-17-11(8-13)14-2/h9-12H,4-8H2,1-3H3/t9-,10-,11?,12+/m0/s1. The van der Waals surface area contributed by atoms with Crippen molar-refractivity contribution in [3.63, 3.8) is 0 Å². The Kier molecular flexibility index (Phi) is 4.76. The second-order valence-electron chi connectivity index (χ2n) is 4.66. The molecule has 0 aromatic rings. The molecule has 2 rings (SSSR count). The monoisotopic (exact) mass is 245 g/mol. The maximum atomic E-state index is 5.64. The Bertz CT molecular complexity index is 239. The van der Waals surface area contributed by atoms with Crippen LogP contribution in [0.25, 0.3) is 0 Å². The largest absolute Gasteiger partial charge is 0.377 e. The summed E-state index contributed by atoms with van der Waals surface area (Å²) in [5, 5.41) is 0. The average molecular weight is 245 g/mol. The van der Waals surface area contributed by atoms with Gasteiger partial charge in [0, 0.05) is 40.0 Å². The van der Waals surface area contributed by atoms with Crippen LogP contribution in [0.3, 0.4) is 0 Å². The average Bonchev–Trinajstić information content (AvgIpc) is 2.38. The summed E-state index contributed by atoms with van der Waals surface area (Å²) in [5.41, 5.74) is 0. The third-order valence-electron chi connectivity index (χ3n) is 3.71. The van der Waals surface area contributed by atoms with Gasteiger partial charge in [-0.05, 0) is 13.3 Å². The molecule has 2 saturated heterocycles. The van der Waals surface area contributed by atoms with Crippen molar-refractivity contribution < 1.29 is 18.9 Å². The first kappa shape index (κ1) is 13.2. The fourth-order valence-electron chi connectivity index (χ4n) is 2.77. The summed E-state index contributed by atoms with van der Waals surface area (Å²) in [7, 11) is 3.45. The maximum Gasteiger partial charge on any atom is 0.169 e. The van der Waals surface area contributed by atoms with Crippen LogP contribution in [0.5, 0.6) is 0 Å². The van der Waals surface area contributed by atoms with E-state index < -0.39 is 0 Å². The zero-order valence-corrected chi connectivity index (χ0v) is 10.9. The number of hydrogen-bond acceptors (Lipinski definition) is 5. The molecule has 0 bridgehead atoms. The quantitative estimate of drug-likeness (QED) is 0.723. The van der Waals surface area contributed by atoms with E-state index in [-0.39, 0.29) is 18.5 Å². The minimum Gasteiger partial charge on any atom is -0.377 e. The SMILES string of the molecule is COC1CN([C@H]2CCO[C@@H](C)[C@H]2OC)CCO1. The maximum absolute atomic E-state index is 5.64. The molecule has 0 aromatic heterocycles. The van der Waals surface area contributed by atoms with Crippen molar-refractivity contribution >= 4 is 0 Å². The minimum atomic E-state index is -0.112. The van der Waals surface area contributed by atoms with Crippen LogP contribution >= 0.6 is 0 Å². The highest BCUT2D eigenvalue weighted by atomic mass is 16.7. The number of ether oxygens (including phenoxy) is 4. The highest BCUT2D eigenvalue weighted by Gasteiger charge is 2.37. The lowest BCUT2D eigenvalue weighted by Gasteiger charge is -2.44. The van der Waals surface area contributed by atoms with Crippen molar-refractivity contribution in [3.8, 4) is 0 Å². The molecule has 2 aliphatic rings. The lowest BCUT2D eigenvalue weighted by Crippen LogP contribution is -2.57. The number of nitrogens with zero attached hydrogens (tertiary/aromatic N) is 1. The van der Waals surface area contributed by atoms with Crippen LogP contribution in [0, 0.1) is 0 Å². The van der Waals surface area contributed by atoms with Gasteiger partial charge in [0.05, 0.1) is 18.8 Å². The Morgan fingerprint density at radius 1 is 1.12 bits per heavy atom.